The third kappa shape index (κ3) is 4.80. The lowest BCUT2D eigenvalue weighted by Crippen LogP contribution is -2.19. The number of nitrogens with one attached hydrogen (secondary N) is 1. The first-order valence-corrected chi connectivity index (χ1v) is 9.11. The first-order valence-electron chi connectivity index (χ1n) is 8.29. The molecule has 2 aromatic carbocycles. The van der Waals surface area contributed by atoms with E-state index >= 15 is 0 Å². The number of thioether (sulfide) groups is 1. The lowest BCUT2D eigenvalue weighted by molar-refractivity contribution is -0.137. The van der Waals surface area contributed by atoms with Crippen LogP contribution >= 0.6 is 11.8 Å². The average Bonchev–Trinajstić information content (AvgIpc) is 2.94. The minimum absolute atomic E-state index is 0.134. The minimum atomic E-state index is -4.44. The van der Waals surface area contributed by atoms with Crippen LogP contribution in [0.25, 0.3) is 6.08 Å². The first kappa shape index (κ1) is 19.2. The number of halogens is 3. The summed E-state index contributed by atoms with van der Waals surface area (Å²) >= 11 is 1.10. The van der Waals surface area contributed by atoms with Crippen molar-refractivity contribution in [2.24, 2.45) is 4.99 Å². The Kier molecular flexibility index (Phi) is 5.41. The maximum absolute atomic E-state index is 12.8. The zero-order chi connectivity index (χ0) is 19.6. The van der Waals surface area contributed by atoms with Crippen molar-refractivity contribution in [3.8, 4) is 0 Å². The van der Waals surface area contributed by atoms with Gasteiger partial charge in [-0.05, 0) is 53.1 Å². The Morgan fingerprint density at radius 2 is 1.81 bits per heavy atom. The van der Waals surface area contributed by atoms with Gasteiger partial charge in [-0.3, -0.25) is 4.79 Å². The van der Waals surface area contributed by atoms with Crippen molar-refractivity contribution in [3.05, 3.63) is 70.1 Å². The Morgan fingerprint density at radius 1 is 1.11 bits per heavy atom. The highest BCUT2D eigenvalue weighted by Crippen LogP contribution is 2.33. The van der Waals surface area contributed by atoms with E-state index in [1.54, 1.807) is 6.08 Å². The number of hydrogen-bond donors (Lipinski definition) is 1. The second kappa shape index (κ2) is 7.60. The topological polar surface area (TPSA) is 41.5 Å². The van der Waals surface area contributed by atoms with E-state index in [1.807, 2.05) is 24.3 Å². The molecule has 0 unspecified atom stereocenters. The molecule has 0 aliphatic carbocycles. The number of nitrogens with zero attached hydrogens (tertiary/aromatic N) is 1. The summed E-state index contributed by atoms with van der Waals surface area (Å²) in [6.07, 6.45) is -2.70. The average molecular weight is 390 g/mol. The Labute approximate surface area is 159 Å². The molecule has 0 aromatic heterocycles. The van der Waals surface area contributed by atoms with Crippen molar-refractivity contribution >= 4 is 34.6 Å². The summed E-state index contributed by atoms with van der Waals surface area (Å²) in [5.41, 5.74) is 1.43. The van der Waals surface area contributed by atoms with Gasteiger partial charge in [0.05, 0.1) is 16.2 Å². The molecule has 0 atom stereocenters. The molecular formula is C20H17F3N2OS. The Hall–Kier alpha value is -2.54. The molecule has 140 valence electrons. The summed E-state index contributed by atoms with van der Waals surface area (Å²) in [5.74, 6) is 0.0979. The summed E-state index contributed by atoms with van der Waals surface area (Å²) < 4.78 is 38.4. The number of amidine groups is 1. The molecule has 27 heavy (non-hydrogen) atoms. The first-order chi connectivity index (χ1) is 12.7. The van der Waals surface area contributed by atoms with Gasteiger partial charge >= 0.3 is 6.18 Å². The number of aliphatic imine (C=N–C) groups is 1. The van der Waals surface area contributed by atoms with E-state index in [9.17, 15) is 18.0 Å². The predicted octanol–water partition coefficient (Wildman–Crippen LogP) is 5.72. The maximum atomic E-state index is 12.8. The molecule has 0 bridgehead atoms. The summed E-state index contributed by atoms with van der Waals surface area (Å²) in [7, 11) is 0. The molecule has 3 nitrogen and oxygen atoms in total. The van der Waals surface area contributed by atoms with Gasteiger partial charge in [0.2, 0.25) is 0 Å². The normalized spacial score (nSPS) is 17.8. The van der Waals surface area contributed by atoms with Crippen LogP contribution in [0.3, 0.4) is 0 Å². The molecule has 1 fully saturated rings. The van der Waals surface area contributed by atoms with Crippen molar-refractivity contribution in [3.63, 3.8) is 0 Å². The number of alkyl halides is 3. The number of benzene rings is 2. The molecular weight excluding hydrogens is 373 g/mol. The molecule has 1 saturated heterocycles. The molecule has 0 saturated carbocycles. The molecule has 3 rings (SSSR count). The summed E-state index contributed by atoms with van der Waals surface area (Å²) in [4.78, 5) is 16.7. The Morgan fingerprint density at radius 3 is 2.44 bits per heavy atom. The van der Waals surface area contributed by atoms with E-state index in [0.29, 0.717) is 10.8 Å². The fourth-order valence-electron chi connectivity index (χ4n) is 2.48. The van der Waals surface area contributed by atoms with Crippen LogP contribution in [0.1, 0.15) is 36.5 Å². The molecule has 0 radical (unpaired) electrons. The van der Waals surface area contributed by atoms with Crippen molar-refractivity contribution in [2.45, 2.75) is 25.9 Å². The fraction of sp³-hybridized carbons (Fsp3) is 0.200. The second-order valence-corrected chi connectivity index (χ2v) is 7.38. The molecule has 1 aliphatic heterocycles. The van der Waals surface area contributed by atoms with Crippen LogP contribution in [-0.4, -0.2) is 11.1 Å². The van der Waals surface area contributed by atoms with Crippen LogP contribution in [-0.2, 0) is 11.0 Å². The van der Waals surface area contributed by atoms with Crippen LogP contribution in [0.2, 0.25) is 0 Å². The third-order valence-corrected chi connectivity index (χ3v) is 4.87. The van der Waals surface area contributed by atoms with Gasteiger partial charge in [-0.25, -0.2) is 4.99 Å². The van der Waals surface area contributed by atoms with Crippen LogP contribution in [0.4, 0.5) is 18.9 Å². The van der Waals surface area contributed by atoms with Gasteiger partial charge in [0.25, 0.3) is 5.91 Å². The highest BCUT2D eigenvalue weighted by atomic mass is 32.2. The lowest BCUT2D eigenvalue weighted by Gasteiger charge is -2.06. The highest BCUT2D eigenvalue weighted by molar-refractivity contribution is 8.18. The van der Waals surface area contributed by atoms with Gasteiger partial charge in [0.15, 0.2) is 5.17 Å². The lowest BCUT2D eigenvalue weighted by atomic mass is 10.0. The number of rotatable bonds is 3. The standard InChI is InChI=1S/C20H17F3N2OS/c1-12(2)14-8-6-13(7-9-14)10-17-18(26)25-19(27-17)24-16-5-3-4-15(11-16)20(21,22)23/h3-12H,1-2H3,(H,24,25,26)/b17-10-. The smallest absolute Gasteiger partial charge is 0.300 e. The van der Waals surface area contributed by atoms with Gasteiger partial charge in [0, 0.05) is 0 Å². The molecule has 7 heteroatoms. The minimum Gasteiger partial charge on any atom is -0.300 e. The van der Waals surface area contributed by atoms with E-state index in [2.05, 4.69) is 24.2 Å². The SMILES string of the molecule is CC(C)c1ccc(/C=C2\SC(=Nc3cccc(C(F)(F)F)c3)NC2=O)cc1. The van der Waals surface area contributed by atoms with Gasteiger partial charge in [-0.2, -0.15) is 13.2 Å². The van der Waals surface area contributed by atoms with Crippen LogP contribution in [0.5, 0.6) is 0 Å². The van der Waals surface area contributed by atoms with Gasteiger partial charge in [-0.15, -0.1) is 0 Å². The maximum Gasteiger partial charge on any atom is 0.416 e. The van der Waals surface area contributed by atoms with Crippen LogP contribution in [0, 0.1) is 0 Å². The monoisotopic (exact) mass is 390 g/mol. The number of hydrogen-bond acceptors (Lipinski definition) is 3. The van der Waals surface area contributed by atoms with Gasteiger partial charge < -0.3 is 5.32 Å². The van der Waals surface area contributed by atoms with Crippen LogP contribution in [0.15, 0.2) is 58.4 Å². The molecule has 1 aliphatic rings. The number of carbonyl (C=O) groups is 1. The zero-order valence-electron chi connectivity index (χ0n) is 14.7. The van der Waals surface area contributed by atoms with E-state index in [0.717, 1.165) is 29.5 Å². The van der Waals surface area contributed by atoms with Crippen molar-refractivity contribution < 1.29 is 18.0 Å². The third-order valence-electron chi connectivity index (χ3n) is 3.96. The summed E-state index contributed by atoms with van der Waals surface area (Å²) in [6, 6.07) is 12.6. The Bertz CT molecular complexity index is 916. The highest BCUT2D eigenvalue weighted by Gasteiger charge is 2.30. The quantitative estimate of drug-likeness (QED) is 0.681. The molecule has 0 spiro atoms. The Balaban J connectivity index is 1.80. The summed E-state index contributed by atoms with van der Waals surface area (Å²) in [5, 5.41) is 2.84. The molecule has 2 aromatic rings. The molecule has 1 N–H and O–H groups in total. The molecule has 1 amide bonds. The zero-order valence-corrected chi connectivity index (χ0v) is 15.5. The van der Waals surface area contributed by atoms with Crippen molar-refractivity contribution in [2.75, 3.05) is 0 Å². The summed E-state index contributed by atoms with van der Waals surface area (Å²) in [6.45, 7) is 4.20. The van der Waals surface area contributed by atoms with Crippen molar-refractivity contribution in [1.82, 2.24) is 5.32 Å². The van der Waals surface area contributed by atoms with E-state index < -0.39 is 11.7 Å². The van der Waals surface area contributed by atoms with E-state index in [1.165, 1.54) is 17.7 Å². The fourth-order valence-corrected chi connectivity index (χ4v) is 3.32. The van der Waals surface area contributed by atoms with E-state index in [4.69, 9.17) is 0 Å². The van der Waals surface area contributed by atoms with Gasteiger partial charge in [-0.1, -0.05) is 44.2 Å². The van der Waals surface area contributed by atoms with Crippen LogP contribution < -0.4 is 5.32 Å². The predicted molar refractivity (Wildman–Crippen MR) is 103 cm³/mol. The van der Waals surface area contributed by atoms with E-state index in [-0.39, 0.29) is 16.8 Å². The van der Waals surface area contributed by atoms with Crippen molar-refractivity contribution in [1.29, 1.82) is 0 Å². The largest absolute Gasteiger partial charge is 0.416 e. The number of amides is 1. The number of carbonyl (C=O) groups excluding carboxylic acids is 1. The second-order valence-electron chi connectivity index (χ2n) is 6.35. The van der Waals surface area contributed by atoms with Gasteiger partial charge in [0.1, 0.15) is 0 Å². The molecule has 1 heterocycles.